The standard InChI is InChI=1S/C83H106N12O18/c1-46(2)64(93-68(97)53-39-57(87-73(102)65(47(3)4)94-78(108)112-82(13,14)15)44-58(40-53)88-74(103)66(48(5)6)95-79(109)113-83(16,17)18)72(101)89-60-42-54(75(104)105)41-59(45-60)86-69(98)61(34-49-28-22-19-23-29-49)90-67(96)52-37-55(84-70(99)62(35-50-30-24-20-25-31-50)91-76(106)110-80(7,8)9)43-56(38-52)85-71(100)63(36-51-32-26-21-27-33-51)92-77(107)111-81(10,11)12/h19-33,37-48,61-66H,34-36H2,1-18H3,(H,84,99)(H,85,100)(H,86,98)(H,87,102)(H,88,103)(H,89,101)(H,90,96)(H,91,106)(H,92,107)(H,93,97)(H,94,108)(H,95,109)(H,104,105)/t61-,62-,63-,64-,65-,66-/m0/s1. The molecule has 0 saturated carbocycles. The van der Waals surface area contributed by atoms with Crippen molar-refractivity contribution in [2.75, 3.05) is 31.9 Å². The molecular weight excluding hydrogens is 1450 g/mol. The van der Waals surface area contributed by atoms with E-state index in [4.69, 9.17) is 18.9 Å². The zero-order chi connectivity index (χ0) is 84.0. The lowest BCUT2D eigenvalue weighted by Crippen LogP contribution is -2.49. The number of hydrogen-bond donors (Lipinski definition) is 13. The summed E-state index contributed by atoms with van der Waals surface area (Å²) in [5.41, 5.74) is -3.46. The van der Waals surface area contributed by atoms with Crippen molar-refractivity contribution in [3.63, 3.8) is 0 Å². The third-order valence-electron chi connectivity index (χ3n) is 16.1. The lowest BCUT2D eigenvalue weighted by Gasteiger charge is -2.26. The number of nitrogens with one attached hydrogen (secondary N) is 12. The summed E-state index contributed by atoms with van der Waals surface area (Å²) in [6.45, 7) is 29.7. The van der Waals surface area contributed by atoms with E-state index < -0.39 is 160 Å². The van der Waals surface area contributed by atoms with Gasteiger partial charge in [-0.25, -0.2) is 24.0 Å². The molecule has 0 fully saturated rings. The Kier molecular flexibility index (Phi) is 31.3. The smallest absolute Gasteiger partial charge is 0.408 e. The fourth-order valence-electron chi connectivity index (χ4n) is 11.1. The first-order valence-electron chi connectivity index (χ1n) is 36.9. The van der Waals surface area contributed by atoms with Crippen LogP contribution in [0.3, 0.4) is 0 Å². The Balaban J connectivity index is 1.35. The fraction of sp³-hybridized carbons (Fsp3) is 0.410. The molecule has 0 aliphatic rings. The third kappa shape index (κ3) is 30.8. The molecule has 0 spiro atoms. The maximum atomic E-state index is 15.0. The van der Waals surface area contributed by atoms with Crippen LogP contribution in [0.4, 0.5) is 53.3 Å². The maximum absolute atomic E-state index is 15.0. The minimum absolute atomic E-state index is 0.0321. The second-order valence-electron chi connectivity index (χ2n) is 32.1. The second-order valence-corrected chi connectivity index (χ2v) is 32.1. The topological polar surface area (TPSA) is 423 Å². The van der Waals surface area contributed by atoms with Gasteiger partial charge in [-0.15, -0.1) is 0 Å². The summed E-state index contributed by atoms with van der Waals surface area (Å²) >= 11 is 0. The zero-order valence-electron chi connectivity index (χ0n) is 67.1. The van der Waals surface area contributed by atoms with Crippen LogP contribution < -0.4 is 63.8 Å². The third-order valence-corrected chi connectivity index (χ3v) is 16.1. The lowest BCUT2D eigenvalue weighted by molar-refractivity contribution is -0.119. The van der Waals surface area contributed by atoms with Crippen LogP contribution in [0.5, 0.6) is 0 Å². The van der Waals surface area contributed by atoms with Crippen molar-refractivity contribution >= 4 is 112 Å². The number of carbonyl (C=O) groups is 13. The molecule has 0 radical (unpaired) electrons. The molecule has 6 rings (SSSR count). The predicted molar refractivity (Wildman–Crippen MR) is 428 cm³/mol. The van der Waals surface area contributed by atoms with Gasteiger partial charge in [0.15, 0.2) is 0 Å². The molecule has 30 heteroatoms. The molecule has 6 aromatic carbocycles. The van der Waals surface area contributed by atoms with Gasteiger partial charge in [0.05, 0.1) is 5.56 Å². The molecule has 12 amide bonds. The number of alkyl carbamates (subject to hydrolysis) is 4. The predicted octanol–water partition coefficient (Wildman–Crippen LogP) is 11.9. The minimum Gasteiger partial charge on any atom is -0.478 e. The highest BCUT2D eigenvalue weighted by Gasteiger charge is 2.34. The van der Waals surface area contributed by atoms with Crippen molar-refractivity contribution in [2.24, 2.45) is 17.8 Å². The van der Waals surface area contributed by atoms with Crippen molar-refractivity contribution in [2.45, 2.75) is 203 Å². The van der Waals surface area contributed by atoms with E-state index in [0.717, 1.165) is 12.1 Å². The van der Waals surface area contributed by atoms with Crippen LogP contribution in [0, 0.1) is 17.8 Å². The Labute approximate surface area is 658 Å². The number of hydrogen-bond acceptors (Lipinski definition) is 17. The van der Waals surface area contributed by atoms with E-state index in [1.165, 1.54) is 42.5 Å². The largest absolute Gasteiger partial charge is 0.478 e. The average molecular weight is 1560 g/mol. The Morgan fingerprint density at radius 1 is 0.292 bits per heavy atom. The monoisotopic (exact) mass is 1560 g/mol. The van der Waals surface area contributed by atoms with Gasteiger partial charge in [0.25, 0.3) is 11.8 Å². The summed E-state index contributed by atoms with van der Waals surface area (Å²) in [6, 6.07) is 29.3. The van der Waals surface area contributed by atoms with Crippen LogP contribution in [0.1, 0.15) is 172 Å². The Morgan fingerprint density at radius 2 is 0.513 bits per heavy atom. The highest BCUT2D eigenvalue weighted by molar-refractivity contribution is 6.08. The van der Waals surface area contributed by atoms with E-state index in [2.05, 4.69) is 63.8 Å². The Morgan fingerprint density at radius 3 is 0.761 bits per heavy atom. The highest BCUT2D eigenvalue weighted by atomic mass is 16.6. The van der Waals surface area contributed by atoms with Crippen molar-refractivity contribution in [1.29, 1.82) is 0 Å². The number of amides is 12. The first-order chi connectivity index (χ1) is 52.6. The number of carboxylic acids is 1. The van der Waals surface area contributed by atoms with Crippen LogP contribution in [-0.2, 0) is 67.0 Å². The molecule has 0 aliphatic heterocycles. The Bertz CT molecular complexity index is 4230. The van der Waals surface area contributed by atoms with Crippen molar-refractivity contribution in [3.8, 4) is 0 Å². The molecule has 0 heterocycles. The van der Waals surface area contributed by atoms with Gasteiger partial charge in [0.1, 0.15) is 58.7 Å². The fourth-order valence-corrected chi connectivity index (χ4v) is 11.1. The average Bonchev–Trinajstić information content (AvgIpc) is 0.823. The SMILES string of the molecule is CC(C)[C@H](NC(=O)OC(C)(C)C)C(=O)Nc1cc(NC(=O)[C@@H](NC(=O)OC(C)(C)C)C(C)C)cc(C(=O)N[C@H](C(=O)Nc2cc(NC(=O)[C@H](Cc3ccccc3)NC(=O)c3cc(NC(=O)[C@H](Cc4ccccc4)NC(=O)OC(C)(C)C)cc(NC(=O)[C@H](Cc4ccccc4)NC(=O)OC(C)(C)C)c3)cc(C(=O)O)c2)C(C)C)c1. The first-order valence-corrected chi connectivity index (χ1v) is 36.9. The minimum atomic E-state index is -1.51. The molecule has 0 bridgehead atoms. The Hall–Kier alpha value is -12.4. The van der Waals surface area contributed by atoms with E-state index in [0.29, 0.717) is 16.7 Å². The molecule has 30 nitrogen and oxygen atoms in total. The van der Waals surface area contributed by atoms with Crippen LogP contribution >= 0.6 is 0 Å². The number of benzene rings is 6. The van der Waals surface area contributed by atoms with Gasteiger partial charge < -0.3 is 87.9 Å². The summed E-state index contributed by atoms with van der Waals surface area (Å²) in [6.07, 6.45) is -3.85. The molecule has 606 valence electrons. The summed E-state index contributed by atoms with van der Waals surface area (Å²) in [5.74, 6) is -9.91. The molecule has 0 unspecified atom stereocenters. The summed E-state index contributed by atoms with van der Waals surface area (Å²) in [5, 5.41) is 42.6. The summed E-state index contributed by atoms with van der Waals surface area (Å²) in [7, 11) is 0. The number of anilines is 6. The van der Waals surface area contributed by atoms with Crippen LogP contribution in [0.2, 0.25) is 0 Å². The second kappa shape index (κ2) is 39.5. The normalized spacial score (nSPS) is 13.1. The van der Waals surface area contributed by atoms with E-state index >= 15 is 4.79 Å². The molecule has 0 aromatic heterocycles. The number of carbonyl (C=O) groups excluding carboxylic acids is 12. The van der Waals surface area contributed by atoms with Crippen molar-refractivity contribution in [1.82, 2.24) is 31.9 Å². The summed E-state index contributed by atoms with van der Waals surface area (Å²) in [4.78, 5) is 182. The van der Waals surface area contributed by atoms with Gasteiger partial charge in [-0.2, -0.15) is 0 Å². The van der Waals surface area contributed by atoms with Crippen molar-refractivity contribution < 1.29 is 86.4 Å². The lowest BCUT2D eigenvalue weighted by atomic mass is 10.0. The molecule has 0 saturated heterocycles. The maximum Gasteiger partial charge on any atom is 0.408 e. The van der Waals surface area contributed by atoms with Gasteiger partial charge in [0, 0.05) is 64.5 Å². The van der Waals surface area contributed by atoms with E-state index in [1.807, 2.05) is 0 Å². The zero-order valence-corrected chi connectivity index (χ0v) is 67.1. The number of rotatable bonds is 30. The number of carboxylic acid groups (broad SMARTS) is 1. The van der Waals surface area contributed by atoms with Crippen molar-refractivity contribution in [3.05, 3.63) is 179 Å². The van der Waals surface area contributed by atoms with Gasteiger partial charge in [0.2, 0.25) is 35.4 Å². The molecule has 0 aliphatic carbocycles. The summed E-state index contributed by atoms with van der Waals surface area (Å²) < 4.78 is 21.9. The quantitative estimate of drug-likeness (QED) is 0.0186. The van der Waals surface area contributed by atoms with Crippen LogP contribution in [0.15, 0.2) is 146 Å². The molecular formula is C83H106N12O18. The molecule has 13 N–H and O–H groups in total. The number of ether oxygens (including phenoxy) is 4. The number of aromatic carboxylic acids is 1. The first kappa shape index (κ1) is 89.5. The van der Waals surface area contributed by atoms with E-state index in [1.54, 1.807) is 216 Å². The van der Waals surface area contributed by atoms with Crippen LogP contribution in [-0.4, -0.2) is 141 Å². The molecule has 6 aromatic rings. The highest BCUT2D eigenvalue weighted by Crippen LogP contribution is 2.27. The van der Waals surface area contributed by atoms with Gasteiger partial charge >= 0.3 is 30.3 Å². The van der Waals surface area contributed by atoms with Gasteiger partial charge in [-0.3, -0.25) is 38.4 Å². The van der Waals surface area contributed by atoms with E-state index in [9.17, 15) is 62.6 Å². The molecule has 6 atom stereocenters. The van der Waals surface area contributed by atoms with Gasteiger partial charge in [-0.05, 0) is 172 Å². The van der Waals surface area contributed by atoms with Gasteiger partial charge in [-0.1, -0.05) is 133 Å². The molecule has 113 heavy (non-hydrogen) atoms. The van der Waals surface area contributed by atoms with E-state index in [-0.39, 0.29) is 64.5 Å². The van der Waals surface area contributed by atoms with Crippen LogP contribution in [0.25, 0.3) is 0 Å².